The van der Waals surface area contributed by atoms with Crippen molar-refractivity contribution in [3.05, 3.63) is 28.2 Å². The van der Waals surface area contributed by atoms with Gasteiger partial charge in [0, 0.05) is 24.4 Å². The molecule has 0 aliphatic heterocycles. The van der Waals surface area contributed by atoms with Crippen molar-refractivity contribution in [2.75, 3.05) is 5.75 Å². The molecule has 0 saturated heterocycles. The zero-order chi connectivity index (χ0) is 16.9. The molecule has 1 aliphatic rings. The summed E-state index contributed by atoms with van der Waals surface area (Å²) in [6, 6.07) is 4.48. The lowest BCUT2D eigenvalue weighted by molar-refractivity contribution is -0.119. The number of hydrogen-bond acceptors (Lipinski definition) is 5. The maximum atomic E-state index is 12.2. The van der Waals surface area contributed by atoms with E-state index in [2.05, 4.69) is 33.9 Å². The second kappa shape index (κ2) is 8.16. The molecule has 2 aromatic rings. The Morgan fingerprint density at radius 1 is 1.42 bits per heavy atom. The molecule has 0 spiro atoms. The highest BCUT2D eigenvalue weighted by molar-refractivity contribution is 7.99. The fraction of sp³-hybridized carbons (Fsp3) is 0.588. The summed E-state index contributed by atoms with van der Waals surface area (Å²) < 4.78 is 1.99. The lowest BCUT2D eigenvalue weighted by atomic mass is 9.86. The van der Waals surface area contributed by atoms with Crippen LogP contribution in [0.3, 0.4) is 0 Å². The van der Waals surface area contributed by atoms with E-state index in [0.29, 0.717) is 17.7 Å². The number of hydrogen-bond donors (Lipinski definition) is 1. The van der Waals surface area contributed by atoms with E-state index in [9.17, 15) is 4.79 Å². The first-order valence-electron chi connectivity index (χ1n) is 8.46. The predicted molar refractivity (Wildman–Crippen MR) is 98.4 cm³/mol. The molecule has 2 aromatic heterocycles. The fourth-order valence-electron chi connectivity index (χ4n) is 3.10. The van der Waals surface area contributed by atoms with Gasteiger partial charge in [0.15, 0.2) is 5.16 Å². The molecule has 0 unspecified atom stereocenters. The van der Waals surface area contributed by atoms with E-state index < -0.39 is 0 Å². The Kier molecular flexibility index (Phi) is 5.94. The first-order valence-corrected chi connectivity index (χ1v) is 10.3. The van der Waals surface area contributed by atoms with Crippen molar-refractivity contribution in [1.29, 1.82) is 0 Å². The summed E-state index contributed by atoms with van der Waals surface area (Å²) in [5.41, 5.74) is 0. The van der Waals surface area contributed by atoms with Crippen LogP contribution >= 0.6 is 23.1 Å². The van der Waals surface area contributed by atoms with Crippen LogP contribution in [0.4, 0.5) is 0 Å². The number of thioether (sulfide) groups is 1. The van der Waals surface area contributed by atoms with Gasteiger partial charge < -0.3 is 9.88 Å². The number of amides is 1. The van der Waals surface area contributed by atoms with Crippen LogP contribution in [-0.4, -0.2) is 32.5 Å². The van der Waals surface area contributed by atoms with Crippen molar-refractivity contribution < 1.29 is 4.79 Å². The molecule has 0 aromatic carbocycles. The third-order valence-electron chi connectivity index (χ3n) is 4.63. The molecule has 0 bridgehead atoms. The maximum Gasteiger partial charge on any atom is 0.230 e. The van der Waals surface area contributed by atoms with Crippen molar-refractivity contribution in [3.63, 3.8) is 0 Å². The average Bonchev–Trinajstić information content (AvgIpc) is 3.19. The van der Waals surface area contributed by atoms with Gasteiger partial charge in [-0.2, -0.15) is 0 Å². The van der Waals surface area contributed by atoms with Crippen LogP contribution in [0.15, 0.2) is 22.7 Å². The van der Waals surface area contributed by atoms with E-state index in [1.165, 1.54) is 35.9 Å². The molecule has 1 N–H and O–H groups in total. The van der Waals surface area contributed by atoms with Crippen LogP contribution in [0.5, 0.6) is 0 Å². The Morgan fingerprint density at radius 2 is 2.25 bits per heavy atom. The molecule has 130 valence electrons. The molecular weight excluding hydrogens is 340 g/mol. The standard InChI is InChI=1S/C17H24N4OS2/c1-12-6-3-4-8-14(12)18-16(22)11-24-17-20-19-15(21(17)2)10-13-7-5-9-23-13/h5,7,9,12,14H,3-4,6,8,10-11H2,1-2H3,(H,18,22)/t12-,14+/m1/s1. The predicted octanol–water partition coefficient (Wildman–Crippen LogP) is 3.25. The minimum Gasteiger partial charge on any atom is -0.352 e. The van der Waals surface area contributed by atoms with E-state index in [1.54, 1.807) is 11.3 Å². The molecule has 2 heterocycles. The van der Waals surface area contributed by atoms with Crippen molar-refractivity contribution >= 4 is 29.0 Å². The molecule has 7 heteroatoms. The Morgan fingerprint density at radius 3 is 3.00 bits per heavy atom. The number of aromatic nitrogens is 3. The second-order valence-electron chi connectivity index (χ2n) is 6.44. The third kappa shape index (κ3) is 4.39. The lowest BCUT2D eigenvalue weighted by Gasteiger charge is -2.29. The molecule has 2 atom stereocenters. The van der Waals surface area contributed by atoms with Crippen LogP contribution in [0, 0.1) is 5.92 Å². The molecule has 5 nitrogen and oxygen atoms in total. The minimum atomic E-state index is 0.0987. The molecule has 3 rings (SSSR count). The van der Waals surface area contributed by atoms with Gasteiger partial charge in [-0.15, -0.1) is 21.5 Å². The van der Waals surface area contributed by atoms with Crippen molar-refractivity contribution in [1.82, 2.24) is 20.1 Å². The minimum absolute atomic E-state index is 0.0987. The zero-order valence-electron chi connectivity index (χ0n) is 14.2. The van der Waals surface area contributed by atoms with E-state index in [-0.39, 0.29) is 5.91 Å². The van der Waals surface area contributed by atoms with Crippen LogP contribution in [0.25, 0.3) is 0 Å². The molecule has 1 saturated carbocycles. The molecule has 0 radical (unpaired) electrons. The third-order valence-corrected chi connectivity index (χ3v) is 6.52. The van der Waals surface area contributed by atoms with Gasteiger partial charge >= 0.3 is 0 Å². The Labute approximate surface area is 151 Å². The first-order chi connectivity index (χ1) is 11.6. The smallest absolute Gasteiger partial charge is 0.230 e. The number of nitrogens with zero attached hydrogens (tertiary/aromatic N) is 3. The molecule has 24 heavy (non-hydrogen) atoms. The normalized spacial score (nSPS) is 20.9. The molecular formula is C17H24N4OS2. The zero-order valence-corrected chi connectivity index (χ0v) is 15.8. The summed E-state index contributed by atoms with van der Waals surface area (Å²) in [4.78, 5) is 13.5. The molecule has 1 amide bonds. The summed E-state index contributed by atoms with van der Waals surface area (Å²) >= 11 is 3.18. The van der Waals surface area contributed by atoms with Crippen LogP contribution in [0.2, 0.25) is 0 Å². The van der Waals surface area contributed by atoms with Gasteiger partial charge in [-0.05, 0) is 30.2 Å². The van der Waals surface area contributed by atoms with Gasteiger partial charge in [-0.25, -0.2) is 0 Å². The second-order valence-corrected chi connectivity index (χ2v) is 8.41. The van der Waals surface area contributed by atoms with E-state index in [0.717, 1.165) is 23.8 Å². The highest BCUT2D eigenvalue weighted by Gasteiger charge is 2.23. The quantitative estimate of drug-likeness (QED) is 0.799. The molecule has 1 aliphatic carbocycles. The van der Waals surface area contributed by atoms with E-state index >= 15 is 0 Å². The van der Waals surface area contributed by atoms with Gasteiger partial charge in [0.25, 0.3) is 0 Å². The first kappa shape index (κ1) is 17.5. The summed E-state index contributed by atoms with van der Waals surface area (Å²) in [6.45, 7) is 2.23. The number of carbonyl (C=O) groups excluding carboxylic acids is 1. The van der Waals surface area contributed by atoms with Gasteiger partial charge in [0.1, 0.15) is 5.82 Å². The summed E-state index contributed by atoms with van der Waals surface area (Å²) in [6.07, 6.45) is 5.61. The lowest BCUT2D eigenvalue weighted by Crippen LogP contribution is -2.41. The largest absolute Gasteiger partial charge is 0.352 e. The number of thiophene rings is 1. The van der Waals surface area contributed by atoms with E-state index in [4.69, 9.17) is 0 Å². The topological polar surface area (TPSA) is 59.8 Å². The number of rotatable bonds is 6. The highest BCUT2D eigenvalue weighted by Crippen LogP contribution is 2.24. The summed E-state index contributed by atoms with van der Waals surface area (Å²) in [7, 11) is 1.96. The SMILES string of the molecule is C[C@@H]1CCCC[C@@H]1NC(=O)CSc1nnc(Cc2cccs2)n1C. The van der Waals surface area contributed by atoms with Gasteiger partial charge in [0.2, 0.25) is 5.91 Å². The van der Waals surface area contributed by atoms with Crippen molar-refractivity contribution in [3.8, 4) is 0 Å². The maximum absolute atomic E-state index is 12.2. The molecule has 1 fully saturated rings. The van der Waals surface area contributed by atoms with Crippen LogP contribution in [-0.2, 0) is 18.3 Å². The highest BCUT2D eigenvalue weighted by atomic mass is 32.2. The Hall–Kier alpha value is -1.34. The van der Waals surface area contributed by atoms with Crippen molar-refractivity contribution in [2.24, 2.45) is 13.0 Å². The van der Waals surface area contributed by atoms with Crippen LogP contribution in [0.1, 0.15) is 43.3 Å². The van der Waals surface area contributed by atoms with E-state index in [1.807, 2.05) is 17.7 Å². The fourth-order valence-corrected chi connectivity index (χ4v) is 4.55. The van der Waals surface area contributed by atoms with Gasteiger partial charge in [-0.3, -0.25) is 4.79 Å². The summed E-state index contributed by atoms with van der Waals surface area (Å²) in [5.74, 6) is 2.01. The Bertz CT molecular complexity index is 668. The monoisotopic (exact) mass is 364 g/mol. The number of carbonyl (C=O) groups is 1. The average molecular weight is 365 g/mol. The van der Waals surface area contributed by atoms with Crippen molar-refractivity contribution in [2.45, 2.75) is 50.2 Å². The van der Waals surface area contributed by atoms with Crippen LogP contribution < -0.4 is 5.32 Å². The van der Waals surface area contributed by atoms with Gasteiger partial charge in [-0.1, -0.05) is 37.6 Å². The van der Waals surface area contributed by atoms with Gasteiger partial charge in [0.05, 0.1) is 5.75 Å². The number of nitrogens with one attached hydrogen (secondary N) is 1. The Balaban J connectivity index is 1.51. The summed E-state index contributed by atoms with van der Waals surface area (Å²) in [5, 5.41) is 14.5.